The minimum atomic E-state index is -0.699. The Morgan fingerprint density at radius 3 is 2.75 bits per heavy atom. The summed E-state index contributed by atoms with van der Waals surface area (Å²) in [4.78, 5) is 0. The zero-order chi connectivity index (χ0) is 11.7. The highest BCUT2D eigenvalue weighted by Crippen LogP contribution is 2.40. The van der Waals surface area contributed by atoms with Gasteiger partial charge in [0, 0.05) is 10.6 Å². The van der Waals surface area contributed by atoms with E-state index < -0.39 is 11.9 Å². The van der Waals surface area contributed by atoms with Crippen LogP contribution in [-0.4, -0.2) is 5.11 Å². The summed E-state index contributed by atoms with van der Waals surface area (Å²) in [6, 6.07) is 4.48. The van der Waals surface area contributed by atoms with Crippen molar-refractivity contribution in [3.8, 4) is 0 Å². The van der Waals surface area contributed by atoms with Gasteiger partial charge in [0.25, 0.3) is 0 Å². The highest BCUT2D eigenvalue weighted by molar-refractivity contribution is 6.30. The van der Waals surface area contributed by atoms with Crippen molar-refractivity contribution in [1.29, 1.82) is 0 Å². The van der Waals surface area contributed by atoms with Crippen LogP contribution in [0, 0.1) is 17.7 Å². The number of benzene rings is 1. The summed E-state index contributed by atoms with van der Waals surface area (Å²) >= 11 is 5.69. The van der Waals surface area contributed by atoms with Crippen molar-refractivity contribution in [2.45, 2.75) is 32.3 Å². The molecule has 88 valence electrons. The molecular weight excluding hydrogens is 227 g/mol. The first kappa shape index (κ1) is 11.9. The highest BCUT2D eigenvalue weighted by Gasteiger charge is 2.31. The zero-order valence-corrected chi connectivity index (χ0v) is 10.0. The lowest BCUT2D eigenvalue weighted by Crippen LogP contribution is -2.16. The van der Waals surface area contributed by atoms with Crippen molar-refractivity contribution >= 4 is 11.6 Å². The molecule has 0 aliphatic heterocycles. The third-order valence-corrected chi connectivity index (χ3v) is 3.85. The van der Waals surface area contributed by atoms with Crippen LogP contribution in [0.3, 0.4) is 0 Å². The van der Waals surface area contributed by atoms with E-state index in [-0.39, 0.29) is 5.92 Å². The Bertz CT molecular complexity index is 380. The quantitative estimate of drug-likeness (QED) is 0.833. The fourth-order valence-electron chi connectivity index (χ4n) is 2.62. The third kappa shape index (κ3) is 2.23. The maximum Gasteiger partial charge on any atom is 0.130 e. The van der Waals surface area contributed by atoms with E-state index in [9.17, 15) is 9.50 Å². The molecule has 3 unspecified atom stereocenters. The zero-order valence-electron chi connectivity index (χ0n) is 9.29. The maximum atomic E-state index is 13.6. The lowest BCUT2D eigenvalue weighted by molar-refractivity contribution is 0.0867. The molecule has 0 aromatic heterocycles. The molecule has 3 heteroatoms. The Morgan fingerprint density at radius 2 is 2.19 bits per heavy atom. The highest BCUT2D eigenvalue weighted by atomic mass is 35.5. The van der Waals surface area contributed by atoms with Crippen molar-refractivity contribution in [2.24, 2.45) is 11.8 Å². The van der Waals surface area contributed by atoms with Gasteiger partial charge < -0.3 is 5.11 Å². The van der Waals surface area contributed by atoms with Gasteiger partial charge in [-0.25, -0.2) is 4.39 Å². The summed E-state index contributed by atoms with van der Waals surface area (Å²) in [6.07, 6.45) is 2.52. The fourth-order valence-corrected chi connectivity index (χ4v) is 2.77. The van der Waals surface area contributed by atoms with E-state index in [1.165, 1.54) is 6.07 Å². The van der Waals surface area contributed by atoms with Gasteiger partial charge in [-0.3, -0.25) is 0 Å². The molecule has 1 fully saturated rings. The van der Waals surface area contributed by atoms with Gasteiger partial charge in [-0.2, -0.15) is 0 Å². The Kier molecular flexibility index (Phi) is 3.50. The molecule has 0 radical (unpaired) electrons. The van der Waals surface area contributed by atoms with Crippen LogP contribution < -0.4 is 0 Å². The second-order valence-corrected chi connectivity index (χ2v) is 5.12. The summed E-state index contributed by atoms with van der Waals surface area (Å²) in [6.45, 7) is 2.12. The number of rotatable bonds is 2. The molecule has 1 aromatic carbocycles. The van der Waals surface area contributed by atoms with Gasteiger partial charge in [-0.1, -0.05) is 37.4 Å². The van der Waals surface area contributed by atoms with Crippen molar-refractivity contribution in [3.05, 3.63) is 34.6 Å². The SMILES string of the molecule is CC1CCCC1C(O)c1ccc(Cl)cc1F. The summed E-state index contributed by atoms with van der Waals surface area (Å²) in [7, 11) is 0. The summed E-state index contributed by atoms with van der Waals surface area (Å²) < 4.78 is 13.6. The average Bonchev–Trinajstić information content (AvgIpc) is 2.63. The molecule has 1 N–H and O–H groups in total. The van der Waals surface area contributed by atoms with Gasteiger partial charge in [0.15, 0.2) is 0 Å². The van der Waals surface area contributed by atoms with Gasteiger partial charge >= 0.3 is 0 Å². The van der Waals surface area contributed by atoms with Crippen LogP contribution >= 0.6 is 11.6 Å². The first-order valence-electron chi connectivity index (χ1n) is 5.72. The standard InChI is InChI=1S/C13H16ClFO/c1-8-3-2-4-10(8)13(16)11-6-5-9(14)7-12(11)15/h5-8,10,13,16H,2-4H2,1H3. The number of aliphatic hydroxyl groups excluding tert-OH is 1. The number of hydrogen-bond donors (Lipinski definition) is 1. The molecule has 0 heterocycles. The van der Waals surface area contributed by atoms with Crippen molar-refractivity contribution in [2.75, 3.05) is 0 Å². The Morgan fingerprint density at radius 1 is 1.44 bits per heavy atom. The molecule has 1 aromatic rings. The van der Waals surface area contributed by atoms with Crippen LogP contribution in [-0.2, 0) is 0 Å². The van der Waals surface area contributed by atoms with Crippen LogP contribution in [0.5, 0.6) is 0 Å². The van der Waals surface area contributed by atoms with Crippen molar-refractivity contribution in [3.63, 3.8) is 0 Å². The van der Waals surface area contributed by atoms with Crippen LogP contribution in [0.1, 0.15) is 37.9 Å². The molecule has 1 nitrogen and oxygen atoms in total. The molecular formula is C13H16ClFO. The Hall–Kier alpha value is -0.600. The molecule has 2 rings (SSSR count). The van der Waals surface area contributed by atoms with Crippen molar-refractivity contribution in [1.82, 2.24) is 0 Å². The second kappa shape index (κ2) is 4.72. The Balaban J connectivity index is 2.23. The van der Waals surface area contributed by atoms with Gasteiger partial charge in [-0.05, 0) is 30.4 Å². The first-order valence-corrected chi connectivity index (χ1v) is 6.10. The molecule has 1 aliphatic carbocycles. The topological polar surface area (TPSA) is 20.2 Å². The van der Waals surface area contributed by atoms with E-state index in [0.29, 0.717) is 16.5 Å². The molecule has 0 saturated heterocycles. The predicted octanol–water partition coefficient (Wildman–Crippen LogP) is 3.95. The molecule has 0 amide bonds. The van der Waals surface area contributed by atoms with E-state index in [0.717, 1.165) is 19.3 Å². The minimum Gasteiger partial charge on any atom is -0.388 e. The number of hydrogen-bond acceptors (Lipinski definition) is 1. The molecule has 1 saturated carbocycles. The van der Waals surface area contributed by atoms with Gasteiger partial charge in [-0.15, -0.1) is 0 Å². The van der Waals surface area contributed by atoms with E-state index >= 15 is 0 Å². The number of aliphatic hydroxyl groups is 1. The van der Waals surface area contributed by atoms with E-state index in [1.807, 2.05) is 0 Å². The third-order valence-electron chi connectivity index (χ3n) is 3.61. The second-order valence-electron chi connectivity index (χ2n) is 4.68. The van der Waals surface area contributed by atoms with Crippen LogP contribution in [0.4, 0.5) is 4.39 Å². The normalized spacial score (nSPS) is 27.0. The largest absolute Gasteiger partial charge is 0.388 e. The molecule has 16 heavy (non-hydrogen) atoms. The fraction of sp³-hybridized carbons (Fsp3) is 0.538. The smallest absolute Gasteiger partial charge is 0.130 e. The molecule has 1 aliphatic rings. The van der Waals surface area contributed by atoms with Crippen LogP contribution in [0.2, 0.25) is 5.02 Å². The van der Waals surface area contributed by atoms with Crippen LogP contribution in [0.15, 0.2) is 18.2 Å². The number of halogens is 2. The van der Waals surface area contributed by atoms with Crippen LogP contribution in [0.25, 0.3) is 0 Å². The minimum absolute atomic E-state index is 0.177. The van der Waals surface area contributed by atoms with Gasteiger partial charge in [0.1, 0.15) is 5.82 Å². The van der Waals surface area contributed by atoms with Crippen molar-refractivity contribution < 1.29 is 9.50 Å². The average molecular weight is 243 g/mol. The molecule has 0 spiro atoms. The predicted molar refractivity (Wildman–Crippen MR) is 62.9 cm³/mol. The summed E-state index contributed by atoms with van der Waals surface area (Å²) in [5.41, 5.74) is 0.378. The van der Waals surface area contributed by atoms with Gasteiger partial charge in [0.05, 0.1) is 6.10 Å². The first-order chi connectivity index (χ1) is 7.59. The summed E-state index contributed by atoms with van der Waals surface area (Å²) in [5.74, 6) is 0.236. The van der Waals surface area contributed by atoms with E-state index in [2.05, 4.69) is 6.92 Å². The van der Waals surface area contributed by atoms with E-state index in [1.54, 1.807) is 12.1 Å². The van der Waals surface area contributed by atoms with E-state index in [4.69, 9.17) is 11.6 Å². The molecule has 0 bridgehead atoms. The monoisotopic (exact) mass is 242 g/mol. The summed E-state index contributed by atoms with van der Waals surface area (Å²) in [5, 5.41) is 10.5. The molecule has 3 atom stereocenters. The Labute approximate surface area is 100 Å². The lowest BCUT2D eigenvalue weighted by Gasteiger charge is -2.22. The van der Waals surface area contributed by atoms with Gasteiger partial charge in [0.2, 0.25) is 0 Å². The lowest BCUT2D eigenvalue weighted by atomic mass is 9.88. The maximum absolute atomic E-state index is 13.6.